The molecule has 26 heavy (non-hydrogen) atoms. The van der Waals surface area contributed by atoms with Crippen molar-refractivity contribution in [2.75, 3.05) is 19.7 Å². The molecule has 8 nitrogen and oxygen atoms in total. The summed E-state index contributed by atoms with van der Waals surface area (Å²) in [4.78, 5) is 18.0. The van der Waals surface area contributed by atoms with Crippen LogP contribution in [0.15, 0.2) is 53.6 Å². The van der Waals surface area contributed by atoms with Crippen LogP contribution in [0.1, 0.15) is 0 Å². The molecule has 4 rings (SSSR count). The normalized spacial score (nSPS) is 23.3. The number of rotatable bonds is 3. The van der Waals surface area contributed by atoms with Gasteiger partial charge in [-0.2, -0.15) is 0 Å². The van der Waals surface area contributed by atoms with Crippen molar-refractivity contribution in [3.05, 3.63) is 48.7 Å². The van der Waals surface area contributed by atoms with E-state index in [1.807, 2.05) is 18.2 Å². The quantitative estimate of drug-likeness (QED) is 0.835. The molecule has 0 radical (unpaired) electrons. The standard InChI is InChI=1S/C17H17N3O5S/c21-16(11-24-12-5-2-1-3-6-12)20-9-13-14(10-20)25-17-15(7-4-8-18-17)26(22,23)19-13/h1-8,13-14,19H,9-11H2/t13-,14+/m1/s1. The van der Waals surface area contributed by atoms with Crippen LogP contribution in [0.2, 0.25) is 0 Å². The van der Waals surface area contributed by atoms with Crippen molar-refractivity contribution in [1.29, 1.82) is 0 Å². The Morgan fingerprint density at radius 1 is 1.23 bits per heavy atom. The number of hydrogen-bond acceptors (Lipinski definition) is 6. The zero-order chi connectivity index (χ0) is 18.1. The highest BCUT2D eigenvalue weighted by molar-refractivity contribution is 7.89. The van der Waals surface area contributed by atoms with E-state index >= 15 is 0 Å². The van der Waals surface area contributed by atoms with Gasteiger partial charge in [-0.1, -0.05) is 18.2 Å². The smallest absolute Gasteiger partial charge is 0.260 e. The van der Waals surface area contributed by atoms with Gasteiger partial charge < -0.3 is 14.4 Å². The molecule has 1 aromatic heterocycles. The second kappa shape index (κ2) is 6.58. The zero-order valence-corrected chi connectivity index (χ0v) is 14.6. The van der Waals surface area contributed by atoms with E-state index in [1.165, 1.54) is 17.2 Å². The van der Waals surface area contributed by atoms with Crippen molar-refractivity contribution in [1.82, 2.24) is 14.6 Å². The summed E-state index contributed by atoms with van der Waals surface area (Å²) in [5.41, 5.74) is 0. The lowest BCUT2D eigenvalue weighted by Crippen LogP contribution is -2.43. The lowest BCUT2D eigenvalue weighted by atomic mass is 10.2. The lowest BCUT2D eigenvalue weighted by molar-refractivity contribution is -0.132. The largest absolute Gasteiger partial charge is 0.484 e. The van der Waals surface area contributed by atoms with E-state index in [9.17, 15) is 13.2 Å². The molecule has 0 spiro atoms. The van der Waals surface area contributed by atoms with E-state index < -0.39 is 22.2 Å². The molecule has 9 heteroatoms. The van der Waals surface area contributed by atoms with Crippen molar-refractivity contribution in [3.8, 4) is 11.6 Å². The van der Waals surface area contributed by atoms with Crippen LogP contribution in [0.25, 0.3) is 0 Å². The average Bonchev–Trinajstić information content (AvgIpc) is 2.98. The minimum atomic E-state index is -3.74. The fourth-order valence-corrected chi connectivity index (χ4v) is 4.38. The summed E-state index contributed by atoms with van der Waals surface area (Å²) in [7, 11) is -3.74. The molecule has 1 fully saturated rings. The molecule has 3 heterocycles. The number of sulfonamides is 1. The second-order valence-corrected chi connectivity index (χ2v) is 7.77. The van der Waals surface area contributed by atoms with Gasteiger partial charge in [-0.15, -0.1) is 0 Å². The molecule has 136 valence electrons. The van der Waals surface area contributed by atoms with Crippen LogP contribution in [-0.4, -0.2) is 56.1 Å². The highest BCUT2D eigenvalue weighted by Crippen LogP contribution is 2.28. The molecule has 1 N–H and O–H groups in total. The van der Waals surface area contributed by atoms with E-state index in [0.29, 0.717) is 5.75 Å². The van der Waals surface area contributed by atoms with Gasteiger partial charge in [-0.25, -0.2) is 18.1 Å². The van der Waals surface area contributed by atoms with Gasteiger partial charge in [0.2, 0.25) is 15.9 Å². The molecule has 0 aliphatic carbocycles. The van der Waals surface area contributed by atoms with Gasteiger partial charge in [-0.3, -0.25) is 4.79 Å². The zero-order valence-electron chi connectivity index (χ0n) is 13.7. The fraction of sp³-hybridized carbons (Fsp3) is 0.294. The Balaban J connectivity index is 1.46. The molecule has 2 aromatic rings. The number of carbonyl (C=O) groups is 1. The van der Waals surface area contributed by atoms with Gasteiger partial charge in [0, 0.05) is 12.7 Å². The number of para-hydroxylation sites is 1. The number of nitrogens with one attached hydrogen (secondary N) is 1. The summed E-state index contributed by atoms with van der Waals surface area (Å²) in [6.07, 6.45) is 0.974. The molecule has 0 saturated carbocycles. The third-order valence-corrected chi connectivity index (χ3v) is 5.82. The molecular weight excluding hydrogens is 358 g/mol. The molecule has 0 bridgehead atoms. The number of aromatic nitrogens is 1. The minimum absolute atomic E-state index is 0.0136. The number of likely N-dealkylation sites (tertiary alicyclic amines) is 1. The van der Waals surface area contributed by atoms with Crippen LogP contribution < -0.4 is 14.2 Å². The first-order valence-electron chi connectivity index (χ1n) is 8.12. The van der Waals surface area contributed by atoms with Gasteiger partial charge in [-0.05, 0) is 24.3 Å². The van der Waals surface area contributed by atoms with Crippen molar-refractivity contribution >= 4 is 15.9 Å². The molecule has 2 atom stereocenters. The molecule has 1 aromatic carbocycles. The van der Waals surface area contributed by atoms with E-state index in [4.69, 9.17) is 9.47 Å². The van der Waals surface area contributed by atoms with Crippen LogP contribution in [0.3, 0.4) is 0 Å². The first-order valence-corrected chi connectivity index (χ1v) is 9.61. The van der Waals surface area contributed by atoms with E-state index in [0.717, 1.165) is 0 Å². The van der Waals surface area contributed by atoms with Crippen LogP contribution in [0.4, 0.5) is 0 Å². The Labute approximate surface area is 150 Å². The monoisotopic (exact) mass is 375 g/mol. The molecule has 2 aliphatic heterocycles. The summed E-state index contributed by atoms with van der Waals surface area (Å²) in [6.45, 7) is 0.361. The summed E-state index contributed by atoms with van der Waals surface area (Å²) < 4.78 is 38.8. The molecule has 1 amide bonds. The number of carbonyl (C=O) groups excluding carboxylic acids is 1. The first-order chi connectivity index (χ1) is 12.5. The SMILES string of the molecule is O=C(COc1ccccc1)N1C[C@@H]2Oc3ncccc3S(=O)(=O)N[C@@H]2C1. The van der Waals surface area contributed by atoms with Gasteiger partial charge in [0.1, 0.15) is 16.7 Å². The fourth-order valence-electron chi connectivity index (χ4n) is 3.04. The van der Waals surface area contributed by atoms with Gasteiger partial charge in [0.15, 0.2) is 6.61 Å². The maximum Gasteiger partial charge on any atom is 0.260 e. The lowest BCUT2D eigenvalue weighted by Gasteiger charge is -2.17. The van der Waals surface area contributed by atoms with Crippen molar-refractivity contribution in [3.63, 3.8) is 0 Å². The average molecular weight is 375 g/mol. The van der Waals surface area contributed by atoms with Crippen molar-refractivity contribution in [2.45, 2.75) is 17.0 Å². The van der Waals surface area contributed by atoms with Crippen LogP contribution in [0.5, 0.6) is 11.6 Å². The van der Waals surface area contributed by atoms with Gasteiger partial charge in [0.25, 0.3) is 5.91 Å². The second-order valence-electron chi connectivity index (χ2n) is 6.09. The topological polar surface area (TPSA) is 97.8 Å². The summed E-state index contributed by atoms with van der Waals surface area (Å²) in [5, 5.41) is 0. The Bertz CT molecular complexity index is 919. The molecule has 1 saturated heterocycles. The van der Waals surface area contributed by atoms with Crippen LogP contribution in [-0.2, 0) is 14.8 Å². The number of hydrogen-bond donors (Lipinski definition) is 1. The summed E-state index contributed by atoms with van der Waals surface area (Å²) >= 11 is 0. The molecule has 0 unspecified atom stereocenters. The number of amides is 1. The number of fused-ring (bicyclic) bond motifs is 2. The maximum absolute atomic E-state index is 12.5. The Kier molecular flexibility index (Phi) is 4.25. The predicted molar refractivity (Wildman–Crippen MR) is 91.3 cm³/mol. The van der Waals surface area contributed by atoms with E-state index in [-0.39, 0.29) is 36.4 Å². The highest BCUT2D eigenvalue weighted by atomic mass is 32.2. The number of pyridine rings is 1. The third-order valence-electron chi connectivity index (χ3n) is 4.32. The summed E-state index contributed by atoms with van der Waals surface area (Å²) in [6, 6.07) is 11.5. The molecular formula is C17H17N3O5S. The van der Waals surface area contributed by atoms with Crippen LogP contribution >= 0.6 is 0 Å². The Hall–Kier alpha value is -2.65. The third kappa shape index (κ3) is 3.23. The van der Waals surface area contributed by atoms with Crippen molar-refractivity contribution in [2.24, 2.45) is 0 Å². The Morgan fingerprint density at radius 2 is 2.04 bits per heavy atom. The number of ether oxygens (including phenoxy) is 2. The van der Waals surface area contributed by atoms with E-state index in [1.54, 1.807) is 18.2 Å². The highest BCUT2D eigenvalue weighted by Gasteiger charge is 2.43. The number of benzene rings is 1. The van der Waals surface area contributed by atoms with Crippen LogP contribution in [0, 0.1) is 0 Å². The minimum Gasteiger partial charge on any atom is -0.484 e. The first kappa shape index (κ1) is 16.8. The molecule has 2 aliphatic rings. The Morgan fingerprint density at radius 3 is 2.85 bits per heavy atom. The summed E-state index contributed by atoms with van der Waals surface area (Å²) in [5.74, 6) is 0.428. The predicted octanol–water partition coefficient (Wildman–Crippen LogP) is 0.411. The van der Waals surface area contributed by atoms with E-state index in [2.05, 4.69) is 9.71 Å². The van der Waals surface area contributed by atoms with Gasteiger partial charge >= 0.3 is 0 Å². The maximum atomic E-state index is 12.5. The number of nitrogens with zero attached hydrogens (tertiary/aromatic N) is 2. The van der Waals surface area contributed by atoms with Crippen molar-refractivity contribution < 1.29 is 22.7 Å². The van der Waals surface area contributed by atoms with Gasteiger partial charge in [0.05, 0.1) is 12.6 Å².